The summed E-state index contributed by atoms with van der Waals surface area (Å²) in [4.78, 5) is 23.2. The molecule has 7 heteroatoms. The van der Waals surface area contributed by atoms with Crippen LogP contribution in [0.3, 0.4) is 0 Å². The maximum Gasteiger partial charge on any atom is 0.255 e. The zero-order valence-electron chi connectivity index (χ0n) is 15.0. The summed E-state index contributed by atoms with van der Waals surface area (Å²) >= 11 is 5.00. The number of carbonyl (C=O) groups excluding carboxylic acids is 1. The molecule has 0 aliphatic heterocycles. The number of hydrogen-bond acceptors (Lipinski definition) is 5. The molecule has 28 heavy (non-hydrogen) atoms. The number of halogens is 1. The van der Waals surface area contributed by atoms with Crippen molar-refractivity contribution in [1.82, 2.24) is 14.9 Å². The molecule has 0 N–H and O–H groups in total. The lowest BCUT2D eigenvalue weighted by Gasteiger charge is -2.15. The fourth-order valence-corrected chi connectivity index (χ4v) is 4.10. The van der Waals surface area contributed by atoms with Crippen LogP contribution in [-0.2, 0) is 6.54 Å². The standard InChI is InChI=1S/C21H16BrN3O2S/c1-25(13-20-24-17-7-2-3-8-18(17)28-20)21(26)14-9-10-19(23-12-14)27-16-6-4-5-15(22)11-16/h2-12H,13H2,1H3. The normalized spacial score (nSPS) is 10.8. The van der Waals surface area contributed by atoms with Crippen molar-refractivity contribution in [1.29, 1.82) is 0 Å². The summed E-state index contributed by atoms with van der Waals surface area (Å²) in [7, 11) is 1.76. The van der Waals surface area contributed by atoms with Crippen LogP contribution in [0.25, 0.3) is 10.2 Å². The Morgan fingerprint density at radius 2 is 2.00 bits per heavy atom. The minimum absolute atomic E-state index is 0.110. The first kappa shape index (κ1) is 18.6. The van der Waals surface area contributed by atoms with E-state index >= 15 is 0 Å². The third-order valence-corrected chi connectivity index (χ3v) is 5.57. The number of benzene rings is 2. The maximum absolute atomic E-state index is 12.7. The molecule has 0 aliphatic rings. The van der Waals surface area contributed by atoms with Gasteiger partial charge in [0, 0.05) is 23.8 Å². The van der Waals surface area contributed by atoms with Crippen molar-refractivity contribution in [3.8, 4) is 11.6 Å². The van der Waals surface area contributed by atoms with Crippen molar-refractivity contribution in [2.45, 2.75) is 6.54 Å². The molecular weight excluding hydrogens is 438 g/mol. The molecule has 0 spiro atoms. The van der Waals surface area contributed by atoms with Gasteiger partial charge in [0.2, 0.25) is 5.88 Å². The number of para-hydroxylation sites is 1. The number of nitrogens with zero attached hydrogens (tertiary/aromatic N) is 3. The number of fused-ring (bicyclic) bond motifs is 1. The van der Waals surface area contributed by atoms with Gasteiger partial charge in [-0.3, -0.25) is 4.79 Å². The molecule has 2 heterocycles. The van der Waals surface area contributed by atoms with Gasteiger partial charge < -0.3 is 9.64 Å². The summed E-state index contributed by atoms with van der Waals surface area (Å²) in [6.07, 6.45) is 1.53. The van der Waals surface area contributed by atoms with Crippen LogP contribution in [0.2, 0.25) is 0 Å². The lowest BCUT2D eigenvalue weighted by atomic mass is 10.2. The van der Waals surface area contributed by atoms with Gasteiger partial charge in [0.15, 0.2) is 0 Å². The van der Waals surface area contributed by atoms with Crippen molar-refractivity contribution in [2.24, 2.45) is 0 Å². The molecule has 0 bridgehead atoms. The predicted octanol–water partition coefficient (Wildman–Crippen LogP) is 5.52. The van der Waals surface area contributed by atoms with Crippen molar-refractivity contribution >= 4 is 43.4 Å². The highest BCUT2D eigenvalue weighted by Gasteiger charge is 2.15. The van der Waals surface area contributed by atoms with Crippen LogP contribution in [0, 0.1) is 0 Å². The van der Waals surface area contributed by atoms with Gasteiger partial charge in [-0.25, -0.2) is 9.97 Å². The molecule has 4 aromatic rings. The number of hydrogen-bond donors (Lipinski definition) is 0. The van der Waals surface area contributed by atoms with E-state index in [1.165, 1.54) is 6.20 Å². The average molecular weight is 454 g/mol. The molecule has 140 valence electrons. The molecule has 1 amide bonds. The number of ether oxygens (including phenoxy) is 1. The molecule has 4 rings (SSSR count). The van der Waals surface area contributed by atoms with E-state index in [-0.39, 0.29) is 5.91 Å². The van der Waals surface area contributed by atoms with E-state index in [2.05, 4.69) is 25.9 Å². The number of amides is 1. The van der Waals surface area contributed by atoms with Crippen LogP contribution in [0.1, 0.15) is 15.4 Å². The second kappa shape index (κ2) is 8.08. The maximum atomic E-state index is 12.7. The lowest BCUT2D eigenvalue weighted by molar-refractivity contribution is 0.0784. The molecule has 5 nitrogen and oxygen atoms in total. The minimum atomic E-state index is -0.110. The molecule has 0 unspecified atom stereocenters. The number of pyridine rings is 1. The third-order valence-electron chi connectivity index (χ3n) is 4.06. The molecule has 0 saturated heterocycles. The predicted molar refractivity (Wildman–Crippen MR) is 114 cm³/mol. The molecular formula is C21H16BrN3O2S. The van der Waals surface area contributed by atoms with Crippen LogP contribution in [0.15, 0.2) is 71.3 Å². The topological polar surface area (TPSA) is 55.3 Å². The Morgan fingerprint density at radius 1 is 1.14 bits per heavy atom. The van der Waals surface area contributed by atoms with Gasteiger partial charge in [-0.15, -0.1) is 11.3 Å². The van der Waals surface area contributed by atoms with Crippen molar-refractivity contribution in [2.75, 3.05) is 7.05 Å². The van der Waals surface area contributed by atoms with E-state index in [1.54, 1.807) is 35.4 Å². The van der Waals surface area contributed by atoms with Crippen LogP contribution in [0.5, 0.6) is 11.6 Å². The lowest BCUT2D eigenvalue weighted by Crippen LogP contribution is -2.26. The average Bonchev–Trinajstić information content (AvgIpc) is 3.10. The summed E-state index contributed by atoms with van der Waals surface area (Å²) in [5.74, 6) is 0.998. The Hall–Kier alpha value is -2.77. The number of rotatable bonds is 5. The Balaban J connectivity index is 1.43. The van der Waals surface area contributed by atoms with Gasteiger partial charge in [-0.2, -0.15) is 0 Å². The van der Waals surface area contributed by atoms with Gasteiger partial charge in [-0.05, 0) is 36.4 Å². The molecule has 0 saturated carbocycles. The molecule has 0 fully saturated rings. The summed E-state index contributed by atoms with van der Waals surface area (Å²) in [6, 6.07) is 18.9. The fraction of sp³-hybridized carbons (Fsp3) is 0.0952. The smallest absolute Gasteiger partial charge is 0.255 e. The number of carbonyl (C=O) groups is 1. The van der Waals surface area contributed by atoms with Crippen LogP contribution >= 0.6 is 27.3 Å². The Bertz CT molecular complexity index is 1090. The fourth-order valence-electron chi connectivity index (χ4n) is 2.70. The number of thiazole rings is 1. The van der Waals surface area contributed by atoms with Crippen molar-refractivity contribution in [3.05, 3.63) is 81.9 Å². The van der Waals surface area contributed by atoms with Gasteiger partial charge in [-0.1, -0.05) is 34.1 Å². The second-order valence-electron chi connectivity index (χ2n) is 6.18. The third kappa shape index (κ3) is 4.21. The minimum Gasteiger partial charge on any atom is -0.439 e. The van der Waals surface area contributed by atoms with Crippen molar-refractivity contribution in [3.63, 3.8) is 0 Å². The highest BCUT2D eigenvalue weighted by Crippen LogP contribution is 2.24. The first-order valence-corrected chi connectivity index (χ1v) is 10.2. The largest absolute Gasteiger partial charge is 0.439 e. The van der Waals surface area contributed by atoms with E-state index in [0.29, 0.717) is 23.7 Å². The number of aromatic nitrogens is 2. The van der Waals surface area contributed by atoms with E-state index in [9.17, 15) is 4.79 Å². The van der Waals surface area contributed by atoms with Crippen LogP contribution < -0.4 is 4.74 Å². The highest BCUT2D eigenvalue weighted by molar-refractivity contribution is 9.10. The molecule has 0 radical (unpaired) electrons. The van der Waals surface area contributed by atoms with Crippen LogP contribution in [0.4, 0.5) is 0 Å². The molecule has 2 aromatic heterocycles. The zero-order valence-corrected chi connectivity index (χ0v) is 17.4. The summed E-state index contributed by atoms with van der Waals surface area (Å²) < 4.78 is 7.75. The molecule has 0 atom stereocenters. The molecule has 2 aromatic carbocycles. The quantitative estimate of drug-likeness (QED) is 0.399. The summed E-state index contributed by atoms with van der Waals surface area (Å²) in [6.45, 7) is 0.453. The SMILES string of the molecule is CN(Cc1nc2ccccc2s1)C(=O)c1ccc(Oc2cccc(Br)c2)nc1. The monoisotopic (exact) mass is 453 g/mol. The van der Waals surface area contributed by atoms with Crippen molar-refractivity contribution < 1.29 is 9.53 Å². The van der Waals surface area contributed by atoms with Crippen LogP contribution in [-0.4, -0.2) is 27.8 Å². The van der Waals surface area contributed by atoms with Gasteiger partial charge in [0.1, 0.15) is 10.8 Å². The van der Waals surface area contributed by atoms with E-state index < -0.39 is 0 Å². The summed E-state index contributed by atoms with van der Waals surface area (Å²) in [5.41, 5.74) is 1.46. The Labute approximate surface area is 174 Å². The van der Waals surface area contributed by atoms with Gasteiger partial charge >= 0.3 is 0 Å². The summed E-state index contributed by atoms with van der Waals surface area (Å²) in [5, 5.41) is 0.902. The van der Waals surface area contributed by atoms with Gasteiger partial charge in [0.05, 0.1) is 22.3 Å². The van der Waals surface area contributed by atoms with Gasteiger partial charge in [0.25, 0.3) is 5.91 Å². The first-order valence-electron chi connectivity index (χ1n) is 8.58. The highest BCUT2D eigenvalue weighted by atomic mass is 79.9. The second-order valence-corrected chi connectivity index (χ2v) is 8.21. The van der Waals surface area contributed by atoms with E-state index in [4.69, 9.17) is 4.74 Å². The molecule has 0 aliphatic carbocycles. The Morgan fingerprint density at radius 3 is 2.75 bits per heavy atom. The first-order chi connectivity index (χ1) is 13.6. The van der Waals surface area contributed by atoms with E-state index in [0.717, 1.165) is 19.7 Å². The van der Waals surface area contributed by atoms with E-state index in [1.807, 2.05) is 48.5 Å². The Kier molecular flexibility index (Phi) is 5.36. The zero-order chi connectivity index (χ0) is 19.5.